The summed E-state index contributed by atoms with van der Waals surface area (Å²) in [5.74, 6) is -0.195. The lowest BCUT2D eigenvalue weighted by atomic mass is 10.0. The molecule has 2 aromatic heterocycles. The van der Waals surface area contributed by atoms with E-state index in [9.17, 15) is 9.90 Å². The van der Waals surface area contributed by atoms with Crippen LogP contribution in [0.25, 0.3) is 22.8 Å². The first-order valence-electron chi connectivity index (χ1n) is 8.49. The number of allylic oxidation sites excluding steroid dienone is 1. The van der Waals surface area contributed by atoms with Crippen LogP contribution in [0.3, 0.4) is 0 Å². The Kier molecular flexibility index (Phi) is 3.50. The Labute approximate surface area is 150 Å². The molecule has 0 fully saturated rings. The lowest BCUT2D eigenvalue weighted by Crippen LogP contribution is -2.14. The van der Waals surface area contributed by atoms with Crippen molar-refractivity contribution in [3.63, 3.8) is 0 Å². The summed E-state index contributed by atoms with van der Waals surface area (Å²) in [6, 6.07) is 5.38. The Morgan fingerprint density at radius 2 is 2.08 bits per heavy atom. The van der Waals surface area contributed by atoms with E-state index in [4.69, 9.17) is 16.5 Å². The summed E-state index contributed by atoms with van der Waals surface area (Å²) >= 11 is 0. The number of fused-ring (bicyclic) bond motifs is 2. The van der Waals surface area contributed by atoms with Crippen molar-refractivity contribution in [3.8, 4) is 11.4 Å². The number of benzene rings is 1. The number of aryl methyl sites for hydroxylation is 2. The third-order valence-electron chi connectivity index (χ3n) is 5.01. The largest absolute Gasteiger partial charge is 0.508 e. The fourth-order valence-electron chi connectivity index (χ4n) is 3.70. The van der Waals surface area contributed by atoms with Crippen LogP contribution in [0.4, 0.5) is 5.82 Å². The highest BCUT2D eigenvalue weighted by Gasteiger charge is 2.25. The van der Waals surface area contributed by atoms with Crippen molar-refractivity contribution >= 4 is 28.8 Å². The number of aromatic nitrogens is 2. The second kappa shape index (κ2) is 5.62. The normalized spacial score (nSPS) is 13.2. The van der Waals surface area contributed by atoms with Crippen LogP contribution in [0.2, 0.25) is 0 Å². The number of amides is 1. The van der Waals surface area contributed by atoms with Gasteiger partial charge in [-0.25, -0.2) is 4.98 Å². The lowest BCUT2D eigenvalue weighted by molar-refractivity contribution is 0.100. The van der Waals surface area contributed by atoms with Gasteiger partial charge in [0.15, 0.2) is 0 Å². The van der Waals surface area contributed by atoms with E-state index >= 15 is 0 Å². The van der Waals surface area contributed by atoms with Crippen LogP contribution in [0.1, 0.15) is 39.2 Å². The monoisotopic (exact) mass is 348 g/mol. The number of hydrogen-bond donors (Lipinski definition) is 3. The smallest absolute Gasteiger partial charge is 0.253 e. The first-order chi connectivity index (χ1) is 12.4. The van der Waals surface area contributed by atoms with Crippen LogP contribution in [-0.2, 0) is 6.42 Å². The van der Waals surface area contributed by atoms with Crippen LogP contribution in [0.15, 0.2) is 24.3 Å². The minimum absolute atomic E-state index is 0.161. The fraction of sp³-hybridized carbons (Fsp3) is 0.200. The number of pyridine rings is 1. The SMILES string of the molecule is Cc1ccc(O)c(C)c1-n1c(N)c(C(N)=O)c2cc3c(nc21)CCC=C3. The minimum atomic E-state index is -0.594. The van der Waals surface area contributed by atoms with Gasteiger partial charge in [-0.3, -0.25) is 9.36 Å². The van der Waals surface area contributed by atoms with Gasteiger partial charge in [-0.05, 0) is 49.9 Å². The van der Waals surface area contributed by atoms with E-state index in [0.29, 0.717) is 16.6 Å². The number of aromatic hydroxyl groups is 1. The molecule has 6 heteroatoms. The van der Waals surface area contributed by atoms with Gasteiger partial charge in [0.25, 0.3) is 5.91 Å². The summed E-state index contributed by atoms with van der Waals surface area (Å²) in [6.45, 7) is 3.74. The number of hydrogen-bond acceptors (Lipinski definition) is 4. The Bertz CT molecular complexity index is 1110. The number of nitrogen functional groups attached to an aromatic ring is 1. The molecule has 6 nitrogen and oxygen atoms in total. The van der Waals surface area contributed by atoms with E-state index in [2.05, 4.69) is 6.08 Å². The first kappa shape index (κ1) is 16.2. The Morgan fingerprint density at radius 3 is 2.81 bits per heavy atom. The van der Waals surface area contributed by atoms with Gasteiger partial charge in [0.05, 0.1) is 16.9 Å². The van der Waals surface area contributed by atoms with E-state index in [1.54, 1.807) is 10.6 Å². The first-order valence-corrected chi connectivity index (χ1v) is 8.49. The van der Waals surface area contributed by atoms with E-state index in [-0.39, 0.29) is 17.1 Å². The molecule has 1 aliphatic rings. The molecule has 5 N–H and O–H groups in total. The number of primary amides is 1. The standard InChI is InChI=1S/C20H20N4O2/c1-10-7-8-15(25)11(2)17(10)24-18(21)16(19(22)26)13-9-12-5-3-4-6-14(12)23-20(13)24/h3,5,7-9,25H,4,6,21H2,1-2H3,(H2,22,26). The van der Waals surface area contributed by atoms with Crippen molar-refractivity contribution in [2.24, 2.45) is 5.73 Å². The molecule has 0 radical (unpaired) electrons. The molecule has 2 heterocycles. The molecule has 0 saturated carbocycles. The number of anilines is 1. The average Bonchev–Trinajstić information content (AvgIpc) is 2.88. The third kappa shape index (κ3) is 2.19. The average molecular weight is 348 g/mol. The zero-order chi connectivity index (χ0) is 18.6. The van der Waals surface area contributed by atoms with Crippen LogP contribution in [-0.4, -0.2) is 20.6 Å². The maximum atomic E-state index is 12.1. The molecule has 0 spiro atoms. The van der Waals surface area contributed by atoms with E-state index in [0.717, 1.165) is 35.3 Å². The van der Waals surface area contributed by atoms with Gasteiger partial charge < -0.3 is 16.6 Å². The quantitative estimate of drug-likeness (QED) is 0.661. The van der Waals surface area contributed by atoms with Gasteiger partial charge in [-0.2, -0.15) is 0 Å². The van der Waals surface area contributed by atoms with Crippen molar-refractivity contribution in [1.29, 1.82) is 0 Å². The molecule has 1 aromatic carbocycles. The van der Waals surface area contributed by atoms with Gasteiger partial charge in [0, 0.05) is 10.9 Å². The molecule has 0 atom stereocenters. The Morgan fingerprint density at radius 1 is 1.31 bits per heavy atom. The van der Waals surface area contributed by atoms with Gasteiger partial charge in [-0.15, -0.1) is 0 Å². The Balaban J connectivity index is 2.17. The van der Waals surface area contributed by atoms with Crippen molar-refractivity contribution < 1.29 is 9.90 Å². The van der Waals surface area contributed by atoms with Crippen LogP contribution < -0.4 is 11.5 Å². The number of carbonyl (C=O) groups is 1. The summed E-state index contributed by atoms with van der Waals surface area (Å²) in [5.41, 5.74) is 17.1. The summed E-state index contributed by atoms with van der Waals surface area (Å²) in [6.07, 6.45) is 5.85. The summed E-state index contributed by atoms with van der Waals surface area (Å²) in [5, 5.41) is 10.8. The fourth-order valence-corrected chi connectivity index (χ4v) is 3.70. The maximum absolute atomic E-state index is 12.1. The van der Waals surface area contributed by atoms with Gasteiger partial charge >= 0.3 is 0 Å². The second-order valence-electron chi connectivity index (χ2n) is 6.67. The van der Waals surface area contributed by atoms with E-state index < -0.39 is 5.91 Å². The number of rotatable bonds is 2. The number of carbonyl (C=O) groups excluding carboxylic acids is 1. The topological polar surface area (TPSA) is 107 Å². The predicted molar refractivity (Wildman–Crippen MR) is 102 cm³/mol. The number of phenolic OH excluding ortho intramolecular Hbond substituents is 1. The zero-order valence-electron chi connectivity index (χ0n) is 14.7. The lowest BCUT2D eigenvalue weighted by Gasteiger charge is -2.16. The highest BCUT2D eigenvalue weighted by atomic mass is 16.3. The maximum Gasteiger partial charge on any atom is 0.253 e. The number of nitrogens with zero attached hydrogens (tertiary/aromatic N) is 2. The summed E-state index contributed by atoms with van der Waals surface area (Å²) < 4.78 is 1.73. The van der Waals surface area contributed by atoms with Crippen LogP contribution in [0, 0.1) is 13.8 Å². The van der Waals surface area contributed by atoms with Crippen molar-refractivity contribution in [2.75, 3.05) is 5.73 Å². The summed E-state index contributed by atoms with van der Waals surface area (Å²) in [7, 11) is 0. The second-order valence-corrected chi connectivity index (χ2v) is 6.67. The molecule has 26 heavy (non-hydrogen) atoms. The molecule has 3 aromatic rings. The molecular formula is C20H20N4O2. The van der Waals surface area contributed by atoms with Crippen molar-refractivity contribution in [1.82, 2.24) is 9.55 Å². The molecule has 0 bridgehead atoms. The molecule has 0 unspecified atom stereocenters. The summed E-state index contributed by atoms with van der Waals surface area (Å²) in [4.78, 5) is 16.9. The van der Waals surface area contributed by atoms with Crippen molar-refractivity contribution in [2.45, 2.75) is 26.7 Å². The molecule has 0 saturated heterocycles. The molecular weight excluding hydrogens is 328 g/mol. The minimum Gasteiger partial charge on any atom is -0.508 e. The molecule has 1 aliphatic carbocycles. The zero-order valence-corrected chi connectivity index (χ0v) is 14.7. The highest BCUT2D eigenvalue weighted by Crippen LogP contribution is 2.37. The van der Waals surface area contributed by atoms with Gasteiger partial charge in [-0.1, -0.05) is 18.2 Å². The van der Waals surface area contributed by atoms with Gasteiger partial charge in [0.1, 0.15) is 17.2 Å². The molecule has 4 rings (SSSR count). The highest BCUT2D eigenvalue weighted by molar-refractivity contribution is 6.11. The molecule has 0 aliphatic heterocycles. The van der Waals surface area contributed by atoms with E-state index in [1.807, 2.05) is 32.1 Å². The predicted octanol–water partition coefficient (Wildman–Crippen LogP) is 2.99. The molecule has 1 amide bonds. The number of nitrogens with two attached hydrogens (primary N) is 2. The third-order valence-corrected chi connectivity index (χ3v) is 5.01. The Hall–Kier alpha value is -3.28. The van der Waals surface area contributed by atoms with Crippen molar-refractivity contribution in [3.05, 3.63) is 52.2 Å². The van der Waals surface area contributed by atoms with Crippen LogP contribution >= 0.6 is 0 Å². The number of phenols is 1. The van der Waals surface area contributed by atoms with E-state index in [1.165, 1.54) is 0 Å². The molecule has 132 valence electrons. The van der Waals surface area contributed by atoms with Gasteiger partial charge in [0.2, 0.25) is 0 Å². The van der Waals surface area contributed by atoms with Crippen LogP contribution in [0.5, 0.6) is 5.75 Å².